The van der Waals surface area contributed by atoms with Crippen LogP contribution in [0.4, 0.5) is 0 Å². The number of aliphatic imine (C=N–C) groups is 1. The van der Waals surface area contributed by atoms with E-state index >= 15 is 0 Å². The molecule has 0 unspecified atom stereocenters. The third kappa shape index (κ3) is 5.71. The average molecular weight is 367 g/mol. The van der Waals surface area contributed by atoms with E-state index in [0.717, 1.165) is 25.3 Å². The Hall–Kier alpha value is -1.60. The van der Waals surface area contributed by atoms with Gasteiger partial charge in [-0.3, -0.25) is 4.99 Å². The van der Waals surface area contributed by atoms with Crippen molar-refractivity contribution < 1.29 is 8.42 Å². The van der Waals surface area contributed by atoms with Crippen LogP contribution in [-0.4, -0.2) is 50.9 Å². The molecule has 140 valence electrons. The molecule has 0 radical (unpaired) electrons. The highest BCUT2D eigenvalue weighted by atomic mass is 32.2. The minimum Gasteiger partial charge on any atom is -0.356 e. The first-order chi connectivity index (χ1) is 11.7. The molecular weight excluding hydrogens is 336 g/mol. The molecule has 1 aromatic carbocycles. The topological polar surface area (TPSA) is 73.8 Å². The SMILES string of the molecule is CN=C(NCC1CCN(S(=O)(=O)c2ccccc2)CC1)NC(C)(C)C. The van der Waals surface area contributed by atoms with Crippen molar-refractivity contribution in [1.29, 1.82) is 0 Å². The zero-order chi connectivity index (χ0) is 18.5. The predicted molar refractivity (Wildman–Crippen MR) is 102 cm³/mol. The van der Waals surface area contributed by atoms with Gasteiger partial charge in [-0.05, 0) is 51.7 Å². The molecule has 1 saturated heterocycles. The van der Waals surface area contributed by atoms with Gasteiger partial charge in [-0.2, -0.15) is 4.31 Å². The highest BCUT2D eigenvalue weighted by molar-refractivity contribution is 7.89. The Morgan fingerprint density at radius 3 is 2.32 bits per heavy atom. The van der Waals surface area contributed by atoms with Crippen LogP contribution in [0.15, 0.2) is 40.2 Å². The molecule has 1 aromatic rings. The van der Waals surface area contributed by atoms with Gasteiger partial charge in [-0.1, -0.05) is 18.2 Å². The number of hydrogen-bond acceptors (Lipinski definition) is 3. The second-order valence-corrected chi connectivity index (χ2v) is 9.43. The van der Waals surface area contributed by atoms with Crippen LogP contribution < -0.4 is 10.6 Å². The largest absolute Gasteiger partial charge is 0.356 e. The maximum Gasteiger partial charge on any atom is 0.243 e. The first-order valence-corrected chi connectivity index (χ1v) is 10.2. The minimum absolute atomic E-state index is 0.0467. The fourth-order valence-corrected chi connectivity index (χ4v) is 4.36. The summed E-state index contributed by atoms with van der Waals surface area (Å²) >= 11 is 0. The zero-order valence-electron chi connectivity index (χ0n) is 15.6. The standard InChI is InChI=1S/C18H30N4O2S/c1-18(2,3)21-17(19-4)20-14-15-10-12-22(13-11-15)25(23,24)16-8-6-5-7-9-16/h5-9,15H,10-14H2,1-4H3,(H2,19,20,21). The zero-order valence-corrected chi connectivity index (χ0v) is 16.4. The highest BCUT2D eigenvalue weighted by Gasteiger charge is 2.29. The summed E-state index contributed by atoms with van der Waals surface area (Å²) in [5, 5.41) is 6.68. The van der Waals surface area contributed by atoms with Crippen molar-refractivity contribution >= 4 is 16.0 Å². The summed E-state index contributed by atoms with van der Waals surface area (Å²) < 4.78 is 26.9. The Morgan fingerprint density at radius 1 is 1.20 bits per heavy atom. The summed E-state index contributed by atoms with van der Waals surface area (Å²) in [4.78, 5) is 4.62. The van der Waals surface area contributed by atoms with Crippen molar-refractivity contribution in [2.24, 2.45) is 10.9 Å². The van der Waals surface area contributed by atoms with Crippen molar-refractivity contribution in [3.8, 4) is 0 Å². The quantitative estimate of drug-likeness (QED) is 0.632. The van der Waals surface area contributed by atoms with Crippen LogP contribution in [0.3, 0.4) is 0 Å². The third-order valence-electron chi connectivity index (χ3n) is 4.23. The molecule has 0 atom stereocenters. The molecule has 0 saturated carbocycles. The maximum absolute atomic E-state index is 12.6. The highest BCUT2D eigenvalue weighted by Crippen LogP contribution is 2.23. The Labute approximate surface area is 151 Å². The lowest BCUT2D eigenvalue weighted by molar-refractivity contribution is 0.273. The fraction of sp³-hybridized carbons (Fsp3) is 0.611. The van der Waals surface area contributed by atoms with Gasteiger partial charge in [0.25, 0.3) is 0 Å². The first kappa shape index (κ1) is 19.7. The number of piperidine rings is 1. The summed E-state index contributed by atoms with van der Waals surface area (Å²) in [6, 6.07) is 8.67. The molecule has 1 aliphatic heterocycles. The number of rotatable bonds is 4. The van der Waals surface area contributed by atoms with Gasteiger partial charge in [0.2, 0.25) is 10.0 Å². The van der Waals surface area contributed by atoms with Gasteiger partial charge in [-0.25, -0.2) is 8.42 Å². The van der Waals surface area contributed by atoms with Crippen LogP contribution in [0.5, 0.6) is 0 Å². The first-order valence-electron chi connectivity index (χ1n) is 8.76. The molecule has 2 N–H and O–H groups in total. The van der Waals surface area contributed by atoms with E-state index in [1.807, 2.05) is 6.07 Å². The molecule has 1 fully saturated rings. The molecule has 2 rings (SSSR count). The smallest absolute Gasteiger partial charge is 0.243 e. The second kappa shape index (κ2) is 8.19. The number of hydrogen-bond donors (Lipinski definition) is 2. The van der Waals surface area contributed by atoms with Crippen molar-refractivity contribution in [3.63, 3.8) is 0 Å². The van der Waals surface area contributed by atoms with E-state index in [1.54, 1.807) is 35.6 Å². The van der Waals surface area contributed by atoms with Gasteiger partial charge in [-0.15, -0.1) is 0 Å². The summed E-state index contributed by atoms with van der Waals surface area (Å²) in [6.07, 6.45) is 1.71. The van der Waals surface area contributed by atoms with Gasteiger partial charge < -0.3 is 10.6 Å². The van der Waals surface area contributed by atoms with E-state index in [9.17, 15) is 8.42 Å². The minimum atomic E-state index is -3.37. The van der Waals surface area contributed by atoms with E-state index < -0.39 is 10.0 Å². The summed E-state index contributed by atoms with van der Waals surface area (Å²) in [5.74, 6) is 1.23. The van der Waals surface area contributed by atoms with Crippen molar-refractivity contribution in [3.05, 3.63) is 30.3 Å². The van der Waals surface area contributed by atoms with Gasteiger partial charge in [0.1, 0.15) is 0 Å². The van der Waals surface area contributed by atoms with Crippen LogP contribution in [0.1, 0.15) is 33.6 Å². The molecular formula is C18H30N4O2S. The van der Waals surface area contributed by atoms with E-state index in [4.69, 9.17) is 0 Å². The normalized spacial score (nSPS) is 18.2. The van der Waals surface area contributed by atoms with Crippen molar-refractivity contribution in [2.75, 3.05) is 26.7 Å². The molecule has 0 spiro atoms. The number of benzene rings is 1. The molecule has 1 aliphatic rings. The monoisotopic (exact) mass is 366 g/mol. The lowest BCUT2D eigenvalue weighted by Crippen LogP contribution is -2.49. The van der Waals surface area contributed by atoms with Crippen molar-refractivity contribution in [1.82, 2.24) is 14.9 Å². The third-order valence-corrected chi connectivity index (χ3v) is 6.14. The fourth-order valence-electron chi connectivity index (χ4n) is 2.87. The Balaban J connectivity index is 1.86. The Kier molecular flexibility index (Phi) is 6.46. The number of nitrogens with one attached hydrogen (secondary N) is 2. The van der Waals surface area contributed by atoms with E-state index in [-0.39, 0.29) is 5.54 Å². The van der Waals surface area contributed by atoms with Crippen LogP contribution in [0.25, 0.3) is 0 Å². The van der Waals surface area contributed by atoms with Crippen LogP contribution >= 0.6 is 0 Å². The Bertz CT molecular complexity index is 673. The molecule has 1 heterocycles. The lowest BCUT2D eigenvalue weighted by atomic mass is 9.98. The molecule has 0 bridgehead atoms. The van der Waals surface area contributed by atoms with E-state index in [2.05, 4.69) is 36.4 Å². The van der Waals surface area contributed by atoms with E-state index in [0.29, 0.717) is 23.9 Å². The summed E-state index contributed by atoms with van der Waals surface area (Å²) in [6.45, 7) is 8.20. The maximum atomic E-state index is 12.6. The summed E-state index contributed by atoms with van der Waals surface area (Å²) in [7, 11) is -1.61. The van der Waals surface area contributed by atoms with Crippen LogP contribution in [0, 0.1) is 5.92 Å². The second-order valence-electron chi connectivity index (χ2n) is 7.49. The van der Waals surface area contributed by atoms with Gasteiger partial charge in [0.15, 0.2) is 5.96 Å². The van der Waals surface area contributed by atoms with Crippen LogP contribution in [0.2, 0.25) is 0 Å². The van der Waals surface area contributed by atoms with Crippen LogP contribution in [-0.2, 0) is 10.0 Å². The number of nitrogens with zero attached hydrogens (tertiary/aromatic N) is 2. The average Bonchev–Trinajstić information content (AvgIpc) is 2.58. The van der Waals surface area contributed by atoms with E-state index in [1.165, 1.54) is 0 Å². The number of guanidine groups is 1. The van der Waals surface area contributed by atoms with Gasteiger partial charge in [0.05, 0.1) is 4.90 Å². The molecule has 6 nitrogen and oxygen atoms in total. The molecule has 7 heteroatoms. The van der Waals surface area contributed by atoms with Gasteiger partial charge in [0, 0.05) is 32.2 Å². The Morgan fingerprint density at radius 2 is 1.80 bits per heavy atom. The van der Waals surface area contributed by atoms with Crippen molar-refractivity contribution in [2.45, 2.75) is 44.0 Å². The van der Waals surface area contributed by atoms with Gasteiger partial charge >= 0.3 is 0 Å². The molecule has 0 aromatic heterocycles. The molecule has 25 heavy (non-hydrogen) atoms. The predicted octanol–water partition coefficient (Wildman–Crippen LogP) is 2.05. The summed E-state index contributed by atoms with van der Waals surface area (Å²) in [5.41, 5.74) is -0.0467. The number of sulfonamides is 1. The molecule has 0 aliphatic carbocycles. The molecule has 0 amide bonds. The lowest BCUT2D eigenvalue weighted by Gasteiger charge is -2.32.